The zero-order chi connectivity index (χ0) is 10.8. The van der Waals surface area contributed by atoms with Gasteiger partial charge in [-0.3, -0.25) is 3.97 Å². The molecule has 0 unspecified atom stereocenters. The normalized spacial score (nSPS) is 10.9. The van der Waals surface area contributed by atoms with Crippen LogP contribution in [0.25, 0.3) is 11.0 Å². The molecular weight excluding hydrogens is 334 g/mol. The Balaban J connectivity index is 2.64. The summed E-state index contributed by atoms with van der Waals surface area (Å²) < 4.78 is 24.7. The lowest BCUT2D eigenvalue weighted by molar-refractivity contribution is 0.415. The second-order valence-electron chi connectivity index (χ2n) is 2.66. The second kappa shape index (κ2) is 4.54. The number of pyridine rings is 1. The molecule has 0 saturated carbocycles. The van der Waals surface area contributed by atoms with Crippen LogP contribution in [0.15, 0.2) is 18.3 Å². The Labute approximate surface area is 104 Å². The summed E-state index contributed by atoms with van der Waals surface area (Å²) >= 11 is 2.80. The molecule has 2 aromatic heterocycles. The molecule has 0 spiro atoms. The van der Waals surface area contributed by atoms with Gasteiger partial charge in [-0.2, -0.15) is 4.39 Å². The largest absolute Gasteiger partial charge is 0.496 e. The standard InChI is InChI=1S/C8H6FIN2O2S/c1-13-6-4-7(9)11-8-5(6)2-3-12(8)15-14-10/h2-4H,1H3. The minimum absolute atomic E-state index is 0.463. The predicted octanol–water partition coefficient (Wildman–Crippen LogP) is 2.96. The van der Waals surface area contributed by atoms with Crippen LogP contribution in [-0.2, 0) is 2.51 Å². The maximum Gasteiger partial charge on any atom is 0.218 e. The topological polar surface area (TPSA) is 36.3 Å². The molecule has 0 aliphatic rings. The highest BCUT2D eigenvalue weighted by atomic mass is 127. The lowest BCUT2D eigenvalue weighted by atomic mass is 10.3. The summed E-state index contributed by atoms with van der Waals surface area (Å²) in [6.07, 6.45) is 1.74. The van der Waals surface area contributed by atoms with E-state index in [1.54, 1.807) is 39.2 Å². The number of aromatic nitrogens is 2. The van der Waals surface area contributed by atoms with Crippen LogP contribution in [0, 0.1) is 5.95 Å². The average Bonchev–Trinajstić information content (AvgIpc) is 2.61. The van der Waals surface area contributed by atoms with Crippen molar-refractivity contribution in [2.75, 3.05) is 7.11 Å². The van der Waals surface area contributed by atoms with Crippen LogP contribution in [-0.4, -0.2) is 16.1 Å². The van der Waals surface area contributed by atoms with Crippen LogP contribution in [0.4, 0.5) is 4.39 Å². The Morgan fingerprint density at radius 2 is 2.40 bits per heavy atom. The smallest absolute Gasteiger partial charge is 0.218 e. The fourth-order valence-electron chi connectivity index (χ4n) is 1.29. The van der Waals surface area contributed by atoms with Crippen molar-refractivity contribution in [3.8, 4) is 5.75 Å². The Morgan fingerprint density at radius 1 is 1.60 bits per heavy atom. The molecule has 0 saturated heterocycles. The first-order valence-corrected chi connectivity index (χ1v) is 5.51. The number of ether oxygens (including phenoxy) is 1. The monoisotopic (exact) mass is 340 g/mol. The quantitative estimate of drug-likeness (QED) is 0.489. The van der Waals surface area contributed by atoms with E-state index in [0.29, 0.717) is 11.4 Å². The van der Waals surface area contributed by atoms with Crippen molar-refractivity contribution in [3.63, 3.8) is 0 Å². The Kier molecular flexibility index (Phi) is 3.32. The fraction of sp³-hybridized carbons (Fsp3) is 0.125. The number of hydrogen-bond acceptors (Lipinski definition) is 4. The van der Waals surface area contributed by atoms with E-state index in [2.05, 4.69) is 4.98 Å². The Hall–Kier alpha value is -0.540. The van der Waals surface area contributed by atoms with Crippen molar-refractivity contribution in [2.45, 2.75) is 0 Å². The minimum Gasteiger partial charge on any atom is -0.496 e. The maximum absolute atomic E-state index is 13.1. The molecule has 0 aliphatic heterocycles. The van der Waals surface area contributed by atoms with Crippen LogP contribution in [0.5, 0.6) is 5.75 Å². The van der Waals surface area contributed by atoms with Gasteiger partial charge in [0.15, 0.2) is 5.65 Å². The van der Waals surface area contributed by atoms with Crippen molar-refractivity contribution < 1.29 is 11.6 Å². The van der Waals surface area contributed by atoms with E-state index in [4.69, 9.17) is 7.25 Å². The molecule has 2 aromatic rings. The summed E-state index contributed by atoms with van der Waals surface area (Å²) in [5.41, 5.74) is 0.480. The first-order chi connectivity index (χ1) is 7.26. The van der Waals surface area contributed by atoms with Gasteiger partial charge in [-0.15, -0.1) is 0 Å². The second-order valence-corrected chi connectivity index (χ2v) is 4.41. The molecule has 0 atom stereocenters. The Morgan fingerprint density at radius 3 is 3.07 bits per heavy atom. The zero-order valence-electron chi connectivity index (χ0n) is 7.61. The molecule has 4 nitrogen and oxygen atoms in total. The molecule has 0 N–H and O–H groups in total. The molecule has 0 radical (unpaired) electrons. The number of methoxy groups -OCH3 is 1. The SMILES string of the molecule is COc1cc(F)nc2c1ccn2SOI. The summed E-state index contributed by atoms with van der Waals surface area (Å²) in [4.78, 5) is 3.77. The fourth-order valence-corrected chi connectivity index (χ4v) is 2.19. The highest BCUT2D eigenvalue weighted by Crippen LogP contribution is 2.28. The van der Waals surface area contributed by atoms with Gasteiger partial charge in [0.05, 0.1) is 12.5 Å². The third-order valence-electron chi connectivity index (χ3n) is 1.88. The van der Waals surface area contributed by atoms with Gasteiger partial charge in [0.1, 0.15) is 41.0 Å². The average molecular weight is 340 g/mol. The number of fused-ring (bicyclic) bond motifs is 1. The summed E-state index contributed by atoms with van der Waals surface area (Å²) in [5, 5.41) is 0.750. The van der Waals surface area contributed by atoms with Gasteiger partial charge >= 0.3 is 0 Å². The van der Waals surface area contributed by atoms with Gasteiger partial charge in [0.25, 0.3) is 0 Å². The van der Waals surface area contributed by atoms with Crippen molar-refractivity contribution >= 4 is 46.3 Å². The lowest BCUT2D eigenvalue weighted by Gasteiger charge is -2.03. The first kappa shape index (κ1) is 11.0. The van der Waals surface area contributed by atoms with Crippen LogP contribution in [0.1, 0.15) is 0 Å². The summed E-state index contributed by atoms with van der Waals surface area (Å²) in [6.45, 7) is 0. The summed E-state index contributed by atoms with van der Waals surface area (Å²) in [5.74, 6) is -0.112. The van der Waals surface area contributed by atoms with Crippen molar-refractivity contribution in [1.82, 2.24) is 8.96 Å². The van der Waals surface area contributed by atoms with E-state index >= 15 is 0 Å². The van der Waals surface area contributed by atoms with Crippen LogP contribution in [0.3, 0.4) is 0 Å². The number of rotatable bonds is 3. The number of hydrogen-bond donors (Lipinski definition) is 0. The summed E-state index contributed by atoms with van der Waals surface area (Å²) in [6, 6.07) is 3.05. The highest BCUT2D eigenvalue weighted by molar-refractivity contribution is 14.1. The molecule has 2 rings (SSSR count). The predicted molar refractivity (Wildman–Crippen MR) is 64.3 cm³/mol. The third kappa shape index (κ3) is 2.04. The van der Waals surface area contributed by atoms with Crippen LogP contribution >= 0.6 is 35.2 Å². The molecule has 80 valence electrons. The van der Waals surface area contributed by atoms with Gasteiger partial charge in [-0.05, 0) is 6.07 Å². The maximum atomic E-state index is 13.1. The molecule has 0 aromatic carbocycles. The van der Waals surface area contributed by atoms with Gasteiger partial charge in [-0.25, -0.2) is 7.50 Å². The van der Waals surface area contributed by atoms with E-state index in [0.717, 1.165) is 17.6 Å². The third-order valence-corrected chi connectivity index (χ3v) is 2.88. The Bertz CT molecular complexity index is 491. The van der Waals surface area contributed by atoms with E-state index in [1.165, 1.54) is 13.2 Å². The molecule has 0 fully saturated rings. The van der Waals surface area contributed by atoms with Crippen LogP contribution < -0.4 is 4.74 Å². The van der Waals surface area contributed by atoms with Gasteiger partial charge in [0.2, 0.25) is 5.95 Å². The van der Waals surface area contributed by atoms with Gasteiger partial charge in [0, 0.05) is 12.3 Å². The molecule has 0 amide bonds. The molecule has 15 heavy (non-hydrogen) atoms. The molecule has 7 heteroatoms. The summed E-state index contributed by atoms with van der Waals surface area (Å²) in [7, 11) is 1.49. The van der Waals surface area contributed by atoms with Crippen LogP contribution in [0.2, 0.25) is 0 Å². The molecule has 0 aliphatic carbocycles. The molecular formula is C8H6FIN2O2S. The van der Waals surface area contributed by atoms with Crippen molar-refractivity contribution in [1.29, 1.82) is 0 Å². The van der Waals surface area contributed by atoms with Crippen molar-refractivity contribution in [2.24, 2.45) is 0 Å². The first-order valence-electron chi connectivity index (χ1n) is 3.93. The number of nitrogens with zero attached hydrogens (tertiary/aromatic N) is 2. The van der Waals surface area contributed by atoms with E-state index < -0.39 is 5.95 Å². The van der Waals surface area contributed by atoms with E-state index in [9.17, 15) is 4.39 Å². The lowest BCUT2D eigenvalue weighted by Crippen LogP contribution is -1.92. The van der Waals surface area contributed by atoms with Gasteiger partial charge in [-0.1, -0.05) is 0 Å². The van der Waals surface area contributed by atoms with Gasteiger partial charge < -0.3 is 4.74 Å². The minimum atomic E-state index is -0.576. The molecule has 0 bridgehead atoms. The molecule has 2 heterocycles. The van der Waals surface area contributed by atoms with E-state index in [1.807, 2.05) is 0 Å². The number of halogens is 2. The highest BCUT2D eigenvalue weighted by Gasteiger charge is 2.10. The van der Waals surface area contributed by atoms with Crippen molar-refractivity contribution in [3.05, 3.63) is 24.3 Å². The van der Waals surface area contributed by atoms with E-state index in [-0.39, 0.29) is 0 Å². The zero-order valence-corrected chi connectivity index (χ0v) is 10.6.